The SMILES string of the molecule is N#Cc1c(-c2ccc([N+](=O)[O-])o2)cc(-c2cccc3ccccc23)[nH]c1=O. The number of hydrogen-bond donors (Lipinski definition) is 1. The fourth-order valence-corrected chi connectivity index (χ4v) is 3.04. The number of benzene rings is 2. The van der Waals surface area contributed by atoms with Crippen LogP contribution in [0.5, 0.6) is 0 Å². The van der Waals surface area contributed by atoms with E-state index in [9.17, 15) is 20.2 Å². The van der Waals surface area contributed by atoms with Crippen LogP contribution in [0.25, 0.3) is 33.4 Å². The Labute approximate surface area is 152 Å². The van der Waals surface area contributed by atoms with Crippen LogP contribution in [-0.2, 0) is 0 Å². The van der Waals surface area contributed by atoms with Gasteiger partial charge in [-0.1, -0.05) is 42.5 Å². The molecule has 0 aliphatic heterocycles. The Morgan fingerprint density at radius 2 is 1.81 bits per heavy atom. The van der Waals surface area contributed by atoms with Crippen molar-refractivity contribution in [3.05, 3.63) is 86.7 Å². The highest BCUT2D eigenvalue weighted by atomic mass is 16.6. The zero-order valence-corrected chi connectivity index (χ0v) is 13.8. The molecule has 7 nitrogen and oxygen atoms in total. The van der Waals surface area contributed by atoms with Crippen molar-refractivity contribution in [1.82, 2.24) is 4.98 Å². The van der Waals surface area contributed by atoms with Crippen LogP contribution < -0.4 is 5.56 Å². The van der Waals surface area contributed by atoms with Gasteiger partial charge in [0.1, 0.15) is 22.3 Å². The van der Waals surface area contributed by atoms with Gasteiger partial charge in [-0.3, -0.25) is 14.9 Å². The fraction of sp³-hybridized carbons (Fsp3) is 0. The average molecular weight is 357 g/mol. The van der Waals surface area contributed by atoms with E-state index < -0.39 is 16.4 Å². The highest BCUT2D eigenvalue weighted by molar-refractivity contribution is 5.96. The predicted octanol–water partition coefficient (Wildman–Crippen LogP) is 4.23. The summed E-state index contributed by atoms with van der Waals surface area (Å²) in [5, 5.41) is 22.2. The first-order chi connectivity index (χ1) is 13.1. The number of rotatable bonds is 3. The van der Waals surface area contributed by atoms with E-state index in [2.05, 4.69) is 4.98 Å². The van der Waals surface area contributed by atoms with E-state index in [1.807, 2.05) is 48.5 Å². The first kappa shape index (κ1) is 16.3. The second-order valence-electron chi connectivity index (χ2n) is 5.83. The van der Waals surface area contributed by atoms with E-state index >= 15 is 0 Å². The molecule has 130 valence electrons. The van der Waals surface area contributed by atoms with Gasteiger partial charge in [-0.15, -0.1) is 0 Å². The number of furan rings is 1. The molecule has 27 heavy (non-hydrogen) atoms. The second kappa shape index (κ2) is 6.28. The number of aromatic nitrogens is 1. The van der Waals surface area contributed by atoms with Gasteiger partial charge in [0.2, 0.25) is 0 Å². The molecule has 0 spiro atoms. The van der Waals surface area contributed by atoms with Crippen LogP contribution in [0, 0.1) is 21.4 Å². The van der Waals surface area contributed by atoms with Crippen LogP contribution >= 0.6 is 0 Å². The lowest BCUT2D eigenvalue weighted by Gasteiger charge is -2.09. The third-order valence-corrected chi connectivity index (χ3v) is 4.26. The van der Waals surface area contributed by atoms with Crippen molar-refractivity contribution in [2.45, 2.75) is 0 Å². The fourth-order valence-electron chi connectivity index (χ4n) is 3.04. The van der Waals surface area contributed by atoms with Gasteiger partial charge >= 0.3 is 5.88 Å². The molecule has 1 N–H and O–H groups in total. The van der Waals surface area contributed by atoms with E-state index in [4.69, 9.17) is 4.42 Å². The van der Waals surface area contributed by atoms with Gasteiger partial charge in [0, 0.05) is 16.8 Å². The molecule has 0 saturated carbocycles. The second-order valence-corrected chi connectivity index (χ2v) is 5.83. The molecule has 7 heteroatoms. The van der Waals surface area contributed by atoms with Crippen LogP contribution in [0.3, 0.4) is 0 Å². The van der Waals surface area contributed by atoms with E-state index in [-0.39, 0.29) is 16.9 Å². The Kier molecular flexibility index (Phi) is 3.79. The van der Waals surface area contributed by atoms with Gasteiger partial charge in [-0.05, 0) is 22.9 Å². The molecule has 0 amide bonds. The number of pyridine rings is 1. The summed E-state index contributed by atoms with van der Waals surface area (Å²) >= 11 is 0. The Balaban J connectivity index is 1.98. The summed E-state index contributed by atoms with van der Waals surface area (Å²) < 4.78 is 5.20. The van der Waals surface area contributed by atoms with Gasteiger partial charge in [0.15, 0.2) is 0 Å². The number of nitrogens with zero attached hydrogens (tertiary/aromatic N) is 2. The largest absolute Gasteiger partial charge is 0.433 e. The summed E-state index contributed by atoms with van der Waals surface area (Å²) in [7, 11) is 0. The van der Waals surface area contributed by atoms with Gasteiger partial charge in [-0.25, -0.2) is 0 Å². The molecule has 2 aromatic heterocycles. The van der Waals surface area contributed by atoms with Crippen molar-refractivity contribution in [2.75, 3.05) is 0 Å². The number of hydrogen-bond acceptors (Lipinski definition) is 5. The maximum atomic E-state index is 12.5. The monoisotopic (exact) mass is 357 g/mol. The lowest BCUT2D eigenvalue weighted by Crippen LogP contribution is -2.12. The molecule has 0 atom stereocenters. The highest BCUT2D eigenvalue weighted by Gasteiger charge is 2.19. The number of aromatic amines is 1. The van der Waals surface area contributed by atoms with Crippen molar-refractivity contribution < 1.29 is 9.34 Å². The summed E-state index contributed by atoms with van der Waals surface area (Å²) in [6.07, 6.45) is 0. The molecule has 4 rings (SSSR count). The minimum Gasteiger partial charge on any atom is -0.401 e. The molecular weight excluding hydrogens is 346 g/mol. The molecule has 0 fully saturated rings. The standard InChI is InChI=1S/C20H11N3O4/c21-11-16-15(18-8-9-19(27-18)23(25)26)10-17(22-20(16)24)14-7-3-5-12-4-1-2-6-13(12)14/h1-10H,(H,22,24). The first-order valence-corrected chi connectivity index (χ1v) is 7.98. The summed E-state index contributed by atoms with van der Waals surface area (Å²) in [6.45, 7) is 0. The molecule has 0 saturated heterocycles. The van der Waals surface area contributed by atoms with Crippen molar-refractivity contribution >= 4 is 16.7 Å². The number of nitrogens with one attached hydrogen (secondary N) is 1. The minimum absolute atomic E-state index is 0.0887. The number of H-pyrrole nitrogens is 1. The zero-order valence-electron chi connectivity index (χ0n) is 13.8. The van der Waals surface area contributed by atoms with Gasteiger partial charge in [-0.2, -0.15) is 5.26 Å². The zero-order chi connectivity index (χ0) is 19.0. The van der Waals surface area contributed by atoms with Crippen molar-refractivity contribution in [3.8, 4) is 28.7 Å². The van der Waals surface area contributed by atoms with Crippen LogP contribution in [0.1, 0.15) is 5.56 Å². The summed E-state index contributed by atoms with van der Waals surface area (Å²) in [5.41, 5.74) is 0.722. The van der Waals surface area contributed by atoms with E-state index in [0.717, 1.165) is 16.3 Å². The first-order valence-electron chi connectivity index (χ1n) is 7.98. The maximum absolute atomic E-state index is 12.5. The molecule has 0 unspecified atom stereocenters. The molecule has 0 aliphatic rings. The topological polar surface area (TPSA) is 113 Å². The van der Waals surface area contributed by atoms with E-state index in [1.54, 1.807) is 6.07 Å². The minimum atomic E-state index is -0.672. The number of nitriles is 1. The lowest BCUT2D eigenvalue weighted by molar-refractivity contribution is -0.401. The predicted molar refractivity (Wildman–Crippen MR) is 99.1 cm³/mol. The summed E-state index contributed by atoms with van der Waals surface area (Å²) in [6, 6.07) is 19.4. The summed E-state index contributed by atoms with van der Waals surface area (Å²) in [4.78, 5) is 25.4. The molecule has 4 aromatic rings. The lowest BCUT2D eigenvalue weighted by atomic mass is 9.99. The normalized spacial score (nSPS) is 10.6. The number of fused-ring (bicyclic) bond motifs is 1. The number of nitro groups is 1. The van der Waals surface area contributed by atoms with Crippen LogP contribution in [0.2, 0.25) is 0 Å². The van der Waals surface area contributed by atoms with Gasteiger partial charge in [0.25, 0.3) is 5.56 Å². The average Bonchev–Trinajstić information content (AvgIpc) is 3.17. The van der Waals surface area contributed by atoms with Crippen molar-refractivity contribution in [3.63, 3.8) is 0 Å². The molecule has 0 bridgehead atoms. The summed E-state index contributed by atoms with van der Waals surface area (Å²) in [5.74, 6) is -0.369. The maximum Gasteiger partial charge on any atom is 0.433 e. The third-order valence-electron chi connectivity index (χ3n) is 4.26. The molecule has 0 aliphatic carbocycles. The van der Waals surface area contributed by atoms with Crippen LogP contribution in [0.15, 0.2) is 69.9 Å². The molecule has 2 heterocycles. The Morgan fingerprint density at radius 3 is 2.56 bits per heavy atom. The highest BCUT2D eigenvalue weighted by Crippen LogP contribution is 2.32. The smallest absolute Gasteiger partial charge is 0.401 e. The van der Waals surface area contributed by atoms with E-state index in [1.165, 1.54) is 12.1 Å². The van der Waals surface area contributed by atoms with Crippen molar-refractivity contribution in [2.24, 2.45) is 0 Å². The van der Waals surface area contributed by atoms with Crippen molar-refractivity contribution in [1.29, 1.82) is 5.26 Å². The molecule has 2 aromatic carbocycles. The van der Waals surface area contributed by atoms with Gasteiger partial charge in [0.05, 0.1) is 6.07 Å². The third kappa shape index (κ3) is 2.75. The van der Waals surface area contributed by atoms with Crippen LogP contribution in [-0.4, -0.2) is 9.91 Å². The quantitative estimate of drug-likeness (QED) is 0.435. The van der Waals surface area contributed by atoms with Crippen LogP contribution in [0.4, 0.5) is 5.88 Å². The Bertz CT molecular complexity index is 1290. The Hall–Kier alpha value is -4.18. The van der Waals surface area contributed by atoms with E-state index in [0.29, 0.717) is 5.69 Å². The Morgan fingerprint density at radius 1 is 1.04 bits per heavy atom. The molecular formula is C20H11N3O4. The molecule has 0 radical (unpaired) electrons. The van der Waals surface area contributed by atoms with Gasteiger partial charge < -0.3 is 9.40 Å².